The Morgan fingerprint density at radius 2 is 1.96 bits per heavy atom. The number of rotatable bonds is 4. The molecule has 2 aliphatic rings. The Kier molecular flexibility index (Phi) is 4.68. The molecular weight excluding hydrogens is 328 g/mol. The third-order valence-electron chi connectivity index (χ3n) is 5.76. The van der Waals surface area contributed by atoms with E-state index < -0.39 is 0 Å². The fraction of sp³-hybridized carbons (Fsp3) is 0.500. The lowest BCUT2D eigenvalue weighted by atomic mass is 10.1. The SMILES string of the molecule is CCN1CCN(C(=O)C2CCC(=O)N2Cc2c[nH]c3ccccc23)CC1. The van der Waals surface area contributed by atoms with Gasteiger partial charge >= 0.3 is 0 Å². The lowest BCUT2D eigenvalue weighted by molar-refractivity contribution is -0.143. The van der Waals surface area contributed by atoms with Crippen molar-refractivity contribution in [2.45, 2.75) is 32.4 Å². The zero-order chi connectivity index (χ0) is 18.1. The molecule has 2 saturated heterocycles. The molecule has 0 saturated carbocycles. The number of benzene rings is 1. The monoisotopic (exact) mass is 354 g/mol. The number of likely N-dealkylation sites (N-methyl/N-ethyl adjacent to an activating group) is 1. The van der Waals surface area contributed by atoms with Gasteiger partial charge < -0.3 is 19.7 Å². The lowest BCUT2D eigenvalue weighted by Crippen LogP contribution is -2.53. The summed E-state index contributed by atoms with van der Waals surface area (Å²) in [5.74, 6) is 0.201. The second-order valence-electron chi connectivity index (χ2n) is 7.20. The Morgan fingerprint density at radius 3 is 2.73 bits per heavy atom. The van der Waals surface area contributed by atoms with Crippen molar-refractivity contribution in [1.82, 2.24) is 19.7 Å². The molecule has 1 atom stereocenters. The second kappa shape index (κ2) is 7.11. The predicted molar refractivity (Wildman–Crippen MR) is 101 cm³/mol. The summed E-state index contributed by atoms with van der Waals surface area (Å²) in [4.78, 5) is 34.9. The highest BCUT2D eigenvalue weighted by Crippen LogP contribution is 2.26. The molecule has 138 valence electrons. The van der Waals surface area contributed by atoms with Gasteiger partial charge in [-0.25, -0.2) is 0 Å². The van der Waals surface area contributed by atoms with E-state index in [9.17, 15) is 9.59 Å². The number of hydrogen-bond donors (Lipinski definition) is 1. The molecule has 2 aromatic rings. The molecule has 1 unspecified atom stereocenters. The van der Waals surface area contributed by atoms with Crippen molar-refractivity contribution in [1.29, 1.82) is 0 Å². The topological polar surface area (TPSA) is 59.7 Å². The third kappa shape index (κ3) is 3.09. The molecule has 1 aromatic heterocycles. The van der Waals surface area contributed by atoms with E-state index in [0.29, 0.717) is 19.4 Å². The number of nitrogens with one attached hydrogen (secondary N) is 1. The number of H-pyrrole nitrogens is 1. The number of amides is 2. The number of likely N-dealkylation sites (tertiary alicyclic amines) is 1. The van der Waals surface area contributed by atoms with Gasteiger partial charge in [0.1, 0.15) is 6.04 Å². The van der Waals surface area contributed by atoms with Gasteiger partial charge in [-0.05, 0) is 24.6 Å². The fourth-order valence-electron chi connectivity index (χ4n) is 4.13. The van der Waals surface area contributed by atoms with Crippen molar-refractivity contribution in [3.05, 3.63) is 36.0 Å². The summed E-state index contributed by atoms with van der Waals surface area (Å²) in [5, 5.41) is 1.12. The predicted octanol–water partition coefficient (Wildman–Crippen LogP) is 1.82. The Hall–Kier alpha value is -2.34. The largest absolute Gasteiger partial charge is 0.361 e. The highest BCUT2D eigenvalue weighted by molar-refractivity contribution is 5.91. The molecular formula is C20H26N4O2. The zero-order valence-electron chi connectivity index (χ0n) is 15.3. The molecule has 6 heteroatoms. The van der Waals surface area contributed by atoms with Crippen molar-refractivity contribution in [3.63, 3.8) is 0 Å². The number of piperazine rings is 1. The smallest absolute Gasteiger partial charge is 0.245 e. The number of fused-ring (bicyclic) bond motifs is 1. The van der Waals surface area contributed by atoms with Gasteiger partial charge in [0.25, 0.3) is 0 Å². The van der Waals surface area contributed by atoms with Gasteiger partial charge in [0.2, 0.25) is 11.8 Å². The van der Waals surface area contributed by atoms with Crippen LogP contribution in [0.4, 0.5) is 0 Å². The number of aromatic nitrogens is 1. The van der Waals surface area contributed by atoms with Gasteiger partial charge in [-0.2, -0.15) is 0 Å². The number of hydrogen-bond acceptors (Lipinski definition) is 3. The van der Waals surface area contributed by atoms with Gasteiger partial charge in [-0.15, -0.1) is 0 Å². The van der Waals surface area contributed by atoms with E-state index in [4.69, 9.17) is 0 Å². The Bertz CT molecular complexity index is 807. The Balaban J connectivity index is 1.49. The molecule has 1 aromatic carbocycles. The van der Waals surface area contributed by atoms with Crippen LogP contribution >= 0.6 is 0 Å². The van der Waals surface area contributed by atoms with Crippen molar-refractivity contribution < 1.29 is 9.59 Å². The first-order valence-corrected chi connectivity index (χ1v) is 9.53. The van der Waals surface area contributed by atoms with E-state index in [1.165, 1.54) is 0 Å². The molecule has 0 spiro atoms. The van der Waals surface area contributed by atoms with E-state index >= 15 is 0 Å². The van der Waals surface area contributed by atoms with E-state index in [-0.39, 0.29) is 17.9 Å². The first kappa shape index (κ1) is 17.1. The number of carbonyl (C=O) groups is 2. The standard InChI is InChI=1S/C20H26N4O2/c1-2-22-9-11-23(12-10-22)20(26)18-7-8-19(25)24(18)14-15-13-21-17-6-4-3-5-16(15)17/h3-6,13,18,21H,2,7-12,14H2,1H3. The fourth-order valence-corrected chi connectivity index (χ4v) is 4.13. The molecule has 1 N–H and O–H groups in total. The normalized spacial score (nSPS) is 21.7. The van der Waals surface area contributed by atoms with Crippen LogP contribution in [0.25, 0.3) is 10.9 Å². The van der Waals surface area contributed by atoms with Crippen LogP contribution in [0.15, 0.2) is 30.5 Å². The number of carbonyl (C=O) groups excluding carboxylic acids is 2. The summed E-state index contributed by atoms with van der Waals surface area (Å²) in [6.45, 7) is 7.04. The maximum Gasteiger partial charge on any atom is 0.245 e. The summed E-state index contributed by atoms with van der Waals surface area (Å²) in [6, 6.07) is 7.76. The maximum absolute atomic E-state index is 13.0. The van der Waals surface area contributed by atoms with Gasteiger partial charge in [0.05, 0.1) is 0 Å². The average Bonchev–Trinajstić information content (AvgIpc) is 3.26. The first-order chi connectivity index (χ1) is 12.7. The van der Waals surface area contributed by atoms with Crippen LogP contribution in [0.3, 0.4) is 0 Å². The van der Waals surface area contributed by atoms with Gasteiger partial charge in [0, 0.05) is 56.2 Å². The van der Waals surface area contributed by atoms with Gasteiger partial charge in [-0.1, -0.05) is 25.1 Å². The summed E-state index contributed by atoms with van der Waals surface area (Å²) >= 11 is 0. The van der Waals surface area contributed by atoms with Crippen LogP contribution in [-0.2, 0) is 16.1 Å². The van der Waals surface area contributed by atoms with Gasteiger partial charge in [0.15, 0.2) is 0 Å². The second-order valence-corrected chi connectivity index (χ2v) is 7.20. The summed E-state index contributed by atoms with van der Waals surface area (Å²) in [5.41, 5.74) is 2.14. The third-order valence-corrected chi connectivity index (χ3v) is 5.76. The maximum atomic E-state index is 13.0. The van der Waals surface area contributed by atoms with E-state index in [0.717, 1.165) is 49.2 Å². The highest BCUT2D eigenvalue weighted by atomic mass is 16.2. The van der Waals surface area contributed by atoms with Crippen LogP contribution in [-0.4, -0.2) is 70.3 Å². The van der Waals surface area contributed by atoms with Crippen molar-refractivity contribution >= 4 is 22.7 Å². The number of aromatic amines is 1. The van der Waals surface area contributed by atoms with Crippen molar-refractivity contribution in [2.24, 2.45) is 0 Å². The van der Waals surface area contributed by atoms with Crippen LogP contribution in [0.1, 0.15) is 25.3 Å². The van der Waals surface area contributed by atoms with Crippen molar-refractivity contribution in [2.75, 3.05) is 32.7 Å². The molecule has 4 rings (SSSR count). The summed E-state index contributed by atoms with van der Waals surface area (Å²) in [7, 11) is 0. The minimum atomic E-state index is -0.315. The van der Waals surface area contributed by atoms with Crippen molar-refractivity contribution in [3.8, 4) is 0 Å². The van der Waals surface area contributed by atoms with Crippen LogP contribution in [0, 0.1) is 0 Å². The molecule has 26 heavy (non-hydrogen) atoms. The highest BCUT2D eigenvalue weighted by Gasteiger charge is 2.39. The first-order valence-electron chi connectivity index (χ1n) is 9.53. The number of nitrogens with zero attached hydrogens (tertiary/aromatic N) is 3. The van der Waals surface area contributed by atoms with E-state index in [2.05, 4.69) is 22.9 Å². The molecule has 0 radical (unpaired) electrons. The molecule has 2 fully saturated rings. The van der Waals surface area contributed by atoms with Crippen LogP contribution < -0.4 is 0 Å². The molecule has 0 bridgehead atoms. The molecule has 0 aliphatic carbocycles. The molecule has 3 heterocycles. The minimum absolute atomic E-state index is 0.0841. The quantitative estimate of drug-likeness (QED) is 0.911. The molecule has 6 nitrogen and oxygen atoms in total. The van der Waals surface area contributed by atoms with Crippen LogP contribution in [0.2, 0.25) is 0 Å². The van der Waals surface area contributed by atoms with Gasteiger partial charge in [-0.3, -0.25) is 9.59 Å². The number of para-hydroxylation sites is 1. The van der Waals surface area contributed by atoms with E-state index in [1.54, 1.807) is 4.90 Å². The minimum Gasteiger partial charge on any atom is -0.361 e. The zero-order valence-corrected chi connectivity index (χ0v) is 15.3. The summed E-state index contributed by atoms with van der Waals surface area (Å²) in [6.07, 6.45) is 3.06. The average molecular weight is 354 g/mol. The summed E-state index contributed by atoms with van der Waals surface area (Å²) < 4.78 is 0. The molecule has 2 aliphatic heterocycles. The van der Waals surface area contributed by atoms with Crippen LogP contribution in [0.5, 0.6) is 0 Å². The lowest BCUT2D eigenvalue weighted by Gasteiger charge is -2.36. The molecule has 2 amide bonds. The Morgan fingerprint density at radius 1 is 1.19 bits per heavy atom. The van der Waals surface area contributed by atoms with E-state index in [1.807, 2.05) is 29.3 Å². The Labute approximate surface area is 153 Å².